The average molecular weight is 340 g/mol. The second-order valence-corrected chi connectivity index (χ2v) is 1.80. The topological polar surface area (TPSA) is 80.9 Å². The van der Waals surface area contributed by atoms with E-state index in [4.69, 9.17) is 19.2 Å². The van der Waals surface area contributed by atoms with E-state index < -0.39 is 9.05 Å². The van der Waals surface area contributed by atoms with Gasteiger partial charge < -0.3 is 19.2 Å². The third-order valence-corrected chi connectivity index (χ3v) is 0. The second kappa shape index (κ2) is 9.34. The fourth-order valence-corrected chi connectivity index (χ4v) is 0. The molecule has 0 amide bonds. The zero-order valence-corrected chi connectivity index (χ0v) is 9.49. The molecule has 4 nitrogen and oxygen atoms in total. The molecular weight excluding hydrogens is 331 g/mol. The third-order valence-electron chi connectivity index (χ3n) is 0. The van der Waals surface area contributed by atoms with E-state index in [0.29, 0.717) is 0 Å². The van der Waals surface area contributed by atoms with Crippen LogP contribution in [0.5, 0.6) is 0 Å². The van der Waals surface area contributed by atoms with Crippen LogP contribution in [0.1, 0.15) is 0 Å². The van der Waals surface area contributed by atoms with Crippen LogP contribution in [-0.4, -0.2) is 97.4 Å². The van der Waals surface area contributed by atoms with Gasteiger partial charge in [-0.1, -0.05) is 0 Å². The van der Waals surface area contributed by atoms with Gasteiger partial charge in [0.15, 0.2) is 0 Å². The van der Waals surface area contributed by atoms with Gasteiger partial charge in [-0.15, -0.1) is 0 Å². The maximum atomic E-state index is 7.33. The molecule has 8 heteroatoms. The van der Waals surface area contributed by atoms with Gasteiger partial charge in [0.1, 0.15) is 0 Å². The summed E-state index contributed by atoms with van der Waals surface area (Å²) in [5.74, 6) is 0. The first-order valence-electron chi connectivity index (χ1n) is 0.894. The Bertz CT molecular complexity index is 31.5. The van der Waals surface area contributed by atoms with Crippen molar-refractivity contribution in [3.8, 4) is 0 Å². The van der Waals surface area contributed by atoms with Crippen molar-refractivity contribution >= 4 is 78.3 Å². The SMILES string of the molecule is O[Si](O)(O)O.[LiH].[MgH2].[PbH2]. The quantitative estimate of drug-likeness (QED) is 0.333. The van der Waals surface area contributed by atoms with E-state index in [-0.39, 0.29) is 69.2 Å². The molecule has 0 atom stereocenters. The number of hydrogen-bond acceptors (Lipinski definition) is 4. The Labute approximate surface area is 96.3 Å². The Hall–Kier alpha value is 2.34. The summed E-state index contributed by atoms with van der Waals surface area (Å²) in [4.78, 5) is 29.3. The van der Waals surface area contributed by atoms with Gasteiger partial charge in [-0.2, -0.15) is 0 Å². The molecule has 0 aromatic heterocycles. The average Bonchev–Trinajstić information content (AvgIpc) is 0.722. The number of rotatable bonds is 0. The van der Waals surface area contributed by atoms with Crippen LogP contribution in [0.2, 0.25) is 0 Å². The summed E-state index contributed by atoms with van der Waals surface area (Å²) >= 11 is 0. The van der Waals surface area contributed by atoms with Gasteiger partial charge in [-0.3, -0.25) is 0 Å². The Morgan fingerprint density at radius 2 is 0.875 bits per heavy atom. The van der Waals surface area contributed by atoms with E-state index >= 15 is 0 Å². The molecule has 0 aliphatic rings. The summed E-state index contributed by atoms with van der Waals surface area (Å²) in [5, 5.41) is 0. The van der Waals surface area contributed by atoms with Crippen LogP contribution in [0.15, 0.2) is 0 Å². The fraction of sp³-hybridized carbons (Fsp3) is 0. The fourth-order valence-electron chi connectivity index (χ4n) is 0. The van der Waals surface area contributed by atoms with Gasteiger partial charge >= 0.3 is 78.3 Å². The van der Waals surface area contributed by atoms with Gasteiger partial charge in [0.05, 0.1) is 0 Å². The summed E-state index contributed by atoms with van der Waals surface area (Å²) in [6.07, 6.45) is 0. The summed E-state index contributed by atoms with van der Waals surface area (Å²) in [5.41, 5.74) is 0. The monoisotopic (exact) mass is 340 g/mol. The van der Waals surface area contributed by atoms with Crippen molar-refractivity contribution in [1.29, 1.82) is 0 Å². The first-order chi connectivity index (χ1) is 2.00. The molecule has 4 N–H and O–H groups in total. The number of hydrogen-bond donors (Lipinski definition) is 4. The Balaban J connectivity index is -0.0000000267. The van der Waals surface area contributed by atoms with Crippen molar-refractivity contribution in [2.24, 2.45) is 0 Å². The standard InChI is InChI=1S/Li.Mg.H4O4Si.Pb.5H/c;;1-5(2,3)4;;;;;;/h;;1-4H;;;;;;. The molecule has 8 heavy (non-hydrogen) atoms. The van der Waals surface area contributed by atoms with E-state index in [1.165, 1.54) is 0 Å². The normalized spacial score (nSPS) is 7.50. The Morgan fingerprint density at radius 1 is 0.875 bits per heavy atom. The minimum atomic E-state index is -4.61. The minimum absolute atomic E-state index is 0. The molecule has 0 heterocycles. The van der Waals surface area contributed by atoms with Crippen molar-refractivity contribution < 1.29 is 19.2 Å². The molecule has 0 saturated heterocycles. The van der Waals surface area contributed by atoms with Gasteiger partial charge in [0.2, 0.25) is 0 Å². The van der Waals surface area contributed by atoms with Crippen LogP contribution in [0.25, 0.3) is 0 Å². The van der Waals surface area contributed by atoms with Crippen molar-refractivity contribution in [2.45, 2.75) is 0 Å². The van der Waals surface area contributed by atoms with Crippen LogP contribution in [0.3, 0.4) is 0 Å². The van der Waals surface area contributed by atoms with Crippen molar-refractivity contribution in [1.82, 2.24) is 0 Å². The van der Waals surface area contributed by atoms with Gasteiger partial charge in [-0.25, -0.2) is 0 Å². The van der Waals surface area contributed by atoms with Crippen LogP contribution in [0, 0.1) is 0 Å². The Kier molecular flexibility index (Phi) is 26.2. The van der Waals surface area contributed by atoms with Crippen molar-refractivity contribution in [3.05, 3.63) is 0 Å². The molecule has 44 valence electrons. The van der Waals surface area contributed by atoms with Crippen LogP contribution < -0.4 is 0 Å². The first kappa shape index (κ1) is 22.4. The molecule has 0 rings (SSSR count). The second-order valence-electron chi connectivity index (χ2n) is 0.600. The molecule has 0 aromatic carbocycles. The van der Waals surface area contributed by atoms with E-state index in [1.54, 1.807) is 0 Å². The summed E-state index contributed by atoms with van der Waals surface area (Å²) in [6.45, 7) is 0. The third kappa shape index (κ3) is 82.0. The molecular formula is H9LiMgO4PbSi. The van der Waals surface area contributed by atoms with Crippen LogP contribution >= 0.6 is 0 Å². The zero-order valence-electron chi connectivity index (χ0n) is 3.00. The van der Waals surface area contributed by atoms with E-state index in [1.807, 2.05) is 0 Å². The molecule has 0 aliphatic carbocycles. The summed E-state index contributed by atoms with van der Waals surface area (Å²) < 4.78 is 0. The van der Waals surface area contributed by atoms with E-state index in [0.717, 1.165) is 0 Å². The summed E-state index contributed by atoms with van der Waals surface area (Å²) in [7, 11) is -4.61. The first-order valence-corrected chi connectivity index (χ1v) is 2.68. The summed E-state index contributed by atoms with van der Waals surface area (Å²) in [6, 6.07) is 0. The molecule has 2 radical (unpaired) electrons. The van der Waals surface area contributed by atoms with Crippen LogP contribution in [0.4, 0.5) is 0 Å². The molecule has 0 aromatic rings. The van der Waals surface area contributed by atoms with Gasteiger partial charge in [0.25, 0.3) is 0 Å². The zero-order chi connectivity index (χ0) is 4.50. The van der Waals surface area contributed by atoms with Gasteiger partial charge in [0, 0.05) is 0 Å². The van der Waals surface area contributed by atoms with Gasteiger partial charge in [-0.05, 0) is 0 Å². The predicted octanol–water partition coefficient (Wildman–Crippen LogP) is -5.09. The molecule has 0 aliphatic heterocycles. The van der Waals surface area contributed by atoms with E-state index in [2.05, 4.69) is 0 Å². The molecule has 0 unspecified atom stereocenters. The van der Waals surface area contributed by atoms with Crippen molar-refractivity contribution in [3.63, 3.8) is 0 Å². The predicted molar refractivity (Wildman–Crippen MR) is 38.9 cm³/mol. The molecule has 0 fully saturated rings. The Morgan fingerprint density at radius 3 is 0.875 bits per heavy atom. The molecule has 0 saturated carbocycles. The van der Waals surface area contributed by atoms with E-state index in [9.17, 15) is 0 Å². The maximum absolute atomic E-state index is 7.33. The molecule has 0 bridgehead atoms. The van der Waals surface area contributed by atoms with Crippen molar-refractivity contribution in [2.75, 3.05) is 0 Å². The molecule has 0 spiro atoms. The van der Waals surface area contributed by atoms with Crippen LogP contribution in [-0.2, 0) is 0 Å².